The Kier molecular flexibility index (Phi) is 5.06. The van der Waals surface area contributed by atoms with Crippen molar-refractivity contribution >= 4 is 11.8 Å². The Morgan fingerprint density at radius 1 is 1.65 bits per heavy atom. The first-order valence-electron chi connectivity index (χ1n) is 5.79. The summed E-state index contributed by atoms with van der Waals surface area (Å²) in [5, 5.41) is 9.00. The van der Waals surface area contributed by atoms with Gasteiger partial charge in [-0.3, -0.25) is 0 Å². The van der Waals surface area contributed by atoms with Crippen molar-refractivity contribution in [1.29, 1.82) is 0 Å². The molecule has 1 unspecified atom stereocenters. The van der Waals surface area contributed by atoms with Crippen LogP contribution in [-0.4, -0.2) is 41.0 Å². The molecule has 1 rings (SSSR count). The van der Waals surface area contributed by atoms with Crippen LogP contribution in [0.3, 0.4) is 0 Å². The summed E-state index contributed by atoms with van der Waals surface area (Å²) in [6.07, 6.45) is 9.19. The second-order valence-corrected chi connectivity index (χ2v) is 4.05. The van der Waals surface area contributed by atoms with Crippen LogP contribution in [0.25, 0.3) is 0 Å². The molecule has 0 aliphatic carbocycles. The molecule has 17 heavy (non-hydrogen) atoms. The Balaban J connectivity index is 2.76. The van der Waals surface area contributed by atoms with Gasteiger partial charge in [0.15, 0.2) is 6.54 Å². The van der Waals surface area contributed by atoms with Crippen molar-refractivity contribution in [2.24, 2.45) is 10.7 Å². The van der Waals surface area contributed by atoms with Gasteiger partial charge < -0.3 is 10.8 Å². The molecule has 0 saturated carbocycles. The van der Waals surface area contributed by atoms with E-state index in [0.717, 1.165) is 18.7 Å². The van der Waals surface area contributed by atoms with Crippen molar-refractivity contribution in [3.8, 4) is 0 Å². The number of carboxylic acid groups (broad SMARTS) is 1. The third-order valence-corrected chi connectivity index (χ3v) is 2.81. The molecular formula is C12H20N3O2+. The summed E-state index contributed by atoms with van der Waals surface area (Å²) in [6.45, 7) is 3.01. The fourth-order valence-electron chi connectivity index (χ4n) is 2.01. The molecule has 0 amide bonds. The fourth-order valence-corrected chi connectivity index (χ4v) is 2.01. The van der Waals surface area contributed by atoms with E-state index in [-0.39, 0.29) is 11.0 Å². The highest BCUT2D eigenvalue weighted by molar-refractivity contribution is 5.81. The van der Waals surface area contributed by atoms with Crippen molar-refractivity contribution in [3.63, 3.8) is 0 Å². The van der Waals surface area contributed by atoms with Gasteiger partial charge in [-0.15, -0.1) is 0 Å². The summed E-state index contributed by atoms with van der Waals surface area (Å²) >= 11 is 0. The Morgan fingerprint density at radius 3 is 3.00 bits per heavy atom. The van der Waals surface area contributed by atoms with Gasteiger partial charge in [0.2, 0.25) is 5.84 Å². The molecule has 1 atom stereocenters. The molecule has 5 nitrogen and oxygen atoms in total. The first-order chi connectivity index (χ1) is 8.14. The Labute approximate surface area is 102 Å². The average Bonchev–Trinajstić information content (AvgIpc) is 2.61. The molecule has 1 aliphatic rings. The van der Waals surface area contributed by atoms with Crippen molar-refractivity contribution in [3.05, 3.63) is 24.6 Å². The van der Waals surface area contributed by atoms with Crippen molar-refractivity contribution < 1.29 is 14.4 Å². The van der Waals surface area contributed by atoms with Crippen LogP contribution in [0.1, 0.15) is 19.8 Å². The summed E-state index contributed by atoms with van der Waals surface area (Å²) in [5.74, 6) is 0.0553. The number of nitrogens with two attached hydrogens (primary N) is 1. The molecule has 94 valence electrons. The fraction of sp³-hybridized carbons (Fsp3) is 0.500. The highest BCUT2D eigenvalue weighted by Crippen LogP contribution is 2.19. The minimum absolute atomic E-state index is 0.0162. The smallest absolute Gasteiger partial charge is 0.360 e. The maximum absolute atomic E-state index is 11.0. The number of nitrogens with zero attached hydrogens (tertiary/aromatic N) is 2. The summed E-state index contributed by atoms with van der Waals surface area (Å²) in [7, 11) is 0. The van der Waals surface area contributed by atoms with Gasteiger partial charge in [0, 0.05) is 13.0 Å². The van der Waals surface area contributed by atoms with Crippen LogP contribution in [0.2, 0.25) is 0 Å². The molecular weight excluding hydrogens is 218 g/mol. The number of carboxylic acids is 1. The van der Waals surface area contributed by atoms with E-state index >= 15 is 0 Å². The molecule has 0 bridgehead atoms. The van der Waals surface area contributed by atoms with Crippen LogP contribution in [0.5, 0.6) is 0 Å². The summed E-state index contributed by atoms with van der Waals surface area (Å²) in [4.78, 5) is 15.2. The first-order valence-corrected chi connectivity index (χ1v) is 5.79. The Bertz CT molecular complexity index is 361. The standard InChI is InChI=1S/C12H19N3O2/c1-2-3-4-5-11-14-7-9-15(11,8-6-13)10-12(16)17/h2-3,7,9H,4-6,8,10,13H2,1H3/p+1/b3-2+. The van der Waals surface area contributed by atoms with Gasteiger partial charge in [-0.05, 0) is 13.3 Å². The zero-order chi connectivity index (χ0) is 12.7. The number of amidine groups is 1. The minimum Gasteiger partial charge on any atom is -0.477 e. The van der Waals surface area contributed by atoms with Crippen molar-refractivity contribution in [1.82, 2.24) is 0 Å². The van der Waals surface area contributed by atoms with E-state index in [4.69, 9.17) is 10.8 Å². The molecule has 5 heteroatoms. The summed E-state index contributed by atoms with van der Waals surface area (Å²) in [5.41, 5.74) is 5.57. The van der Waals surface area contributed by atoms with Gasteiger partial charge in [-0.1, -0.05) is 12.2 Å². The number of allylic oxidation sites excluding steroid dienone is 2. The predicted octanol–water partition coefficient (Wildman–Crippen LogP) is 1.09. The molecule has 0 fully saturated rings. The minimum atomic E-state index is -0.830. The molecule has 0 spiro atoms. The molecule has 3 N–H and O–H groups in total. The van der Waals surface area contributed by atoms with Crippen LogP contribution in [0.4, 0.5) is 0 Å². The number of carbonyl (C=O) groups is 1. The molecule has 1 heterocycles. The van der Waals surface area contributed by atoms with E-state index in [0.29, 0.717) is 13.1 Å². The van der Waals surface area contributed by atoms with Crippen LogP contribution in [0, 0.1) is 0 Å². The van der Waals surface area contributed by atoms with E-state index in [1.807, 2.05) is 19.2 Å². The van der Waals surface area contributed by atoms with E-state index in [9.17, 15) is 4.79 Å². The molecule has 1 aliphatic heterocycles. The van der Waals surface area contributed by atoms with Gasteiger partial charge in [0.05, 0.1) is 6.20 Å². The van der Waals surface area contributed by atoms with Crippen molar-refractivity contribution in [2.45, 2.75) is 19.8 Å². The lowest BCUT2D eigenvalue weighted by molar-refractivity contribution is -0.778. The maximum Gasteiger partial charge on any atom is 0.360 e. The zero-order valence-corrected chi connectivity index (χ0v) is 10.2. The highest BCUT2D eigenvalue weighted by atomic mass is 16.4. The lowest BCUT2D eigenvalue weighted by atomic mass is 10.2. The third-order valence-electron chi connectivity index (χ3n) is 2.81. The number of rotatable bonds is 7. The highest BCUT2D eigenvalue weighted by Gasteiger charge is 2.36. The lowest BCUT2D eigenvalue weighted by Crippen LogP contribution is -2.52. The lowest BCUT2D eigenvalue weighted by Gasteiger charge is -2.30. The van der Waals surface area contributed by atoms with E-state index in [2.05, 4.69) is 11.1 Å². The monoisotopic (exact) mass is 238 g/mol. The third kappa shape index (κ3) is 3.51. The number of quaternary nitrogens is 1. The van der Waals surface area contributed by atoms with E-state index in [1.54, 1.807) is 6.20 Å². The molecule has 0 aromatic rings. The van der Waals surface area contributed by atoms with E-state index in [1.165, 1.54) is 0 Å². The van der Waals surface area contributed by atoms with Gasteiger partial charge in [0.1, 0.15) is 12.7 Å². The average molecular weight is 238 g/mol. The summed E-state index contributed by atoms with van der Waals surface area (Å²) < 4.78 is 0.267. The quantitative estimate of drug-likeness (QED) is 0.515. The van der Waals surface area contributed by atoms with Gasteiger partial charge >= 0.3 is 5.97 Å². The van der Waals surface area contributed by atoms with Gasteiger partial charge in [-0.25, -0.2) is 14.3 Å². The second-order valence-electron chi connectivity index (χ2n) is 4.05. The van der Waals surface area contributed by atoms with Crippen LogP contribution < -0.4 is 5.73 Å². The van der Waals surface area contributed by atoms with Crippen molar-refractivity contribution in [2.75, 3.05) is 19.6 Å². The number of aliphatic imine (C=N–C) groups is 1. The number of hydrogen-bond donors (Lipinski definition) is 2. The van der Waals surface area contributed by atoms with Crippen LogP contribution in [-0.2, 0) is 4.79 Å². The zero-order valence-electron chi connectivity index (χ0n) is 10.2. The molecule has 0 aromatic carbocycles. The maximum atomic E-state index is 11.0. The normalized spacial score (nSPS) is 23.3. The first kappa shape index (κ1) is 13.6. The summed E-state index contributed by atoms with van der Waals surface area (Å²) in [6, 6.07) is 0. The molecule has 0 radical (unpaired) electrons. The SMILES string of the molecule is C/C=C/CCC1=NC=C[N+]1(CCN)CC(=O)O. The van der Waals surface area contributed by atoms with Gasteiger partial charge in [-0.2, -0.15) is 0 Å². The topological polar surface area (TPSA) is 75.7 Å². The Hall–Kier alpha value is -1.46. The van der Waals surface area contributed by atoms with E-state index < -0.39 is 5.97 Å². The predicted molar refractivity (Wildman–Crippen MR) is 67.3 cm³/mol. The second kappa shape index (κ2) is 6.32. The Morgan fingerprint density at radius 2 is 2.41 bits per heavy atom. The van der Waals surface area contributed by atoms with Crippen LogP contribution in [0.15, 0.2) is 29.5 Å². The number of aliphatic carboxylic acids is 1. The molecule has 0 aromatic heterocycles. The number of hydrogen-bond acceptors (Lipinski definition) is 3. The van der Waals surface area contributed by atoms with Gasteiger partial charge in [0.25, 0.3) is 0 Å². The largest absolute Gasteiger partial charge is 0.477 e. The van der Waals surface area contributed by atoms with Crippen LogP contribution >= 0.6 is 0 Å². The molecule has 0 saturated heterocycles.